The first-order valence-corrected chi connectivity index (χ1v) is 12.3. The van der Waals surface area contributed by atoms with Crippen molar-refractivity contribution in [2.24, 2.45) is 0 Å². The number of anilines is 2. The van der Waals surface area contributed by atoms with Gasteiger partial charge in [-0.2, -0.15) is 0 Å². The molecule has 0 aromatic heterocycles. The average Bonchev–Trinajstić information content (AvgIpc) is 3.24. The number of para-hydroxylation sites is 2. The molecular formula is C24H22ClN3O4S. The van der Waals surface area contributed by atoms with E-state index in [4.69, 9.17) is 11.6 Å². The van der Waals surface area contributed by atoms with Crippen molar-refractivity contribution in [1.29, 1.82) is 0 Å². The summed E-state index contributed by atoms with van der Waals surface area (Å²) in [7, 11) is -3.96. The van der Waals surface area contributed by atoms with E-state index in [1.807, 2.05) is 18.2 Å². The second kappa shape index (κ2) is 9.74. The highest BCUT2D eigenvalue weighted by molar-refractivity contribution is 7.89. The molecule has 2 amide bonds. The summed E-state index contributed by atoms with van der Waals surface area (Å²) in [5, 5.41) is 2.80. The number of amides is 2. The van der Waals surface area contributed by atoms with E-state index in [0.29, 0.717) is 24.3 Å². The molecule has 33 heavy (non-hydrogen) atoms. The second-order valence-corrected chi connectivity index (χ2v) is 9.72. The van der Waals surface area contributed by atoms with Gasteiger partial charge in [0.2, 0.25) is 15.9 Å². The van der Waals surface area contributed by atoms with Crippen LogP contribution in [0.4, 0.5) is 11.4 Å². The molecule has 0 unspecified atom stereocenters. The van der Waals surface area contributed by atoms with Gasteiger partial charge in [0, 0.05) is 25.1 Å². The highest BCUT2D eigenvalue weighted by Gasteiger charge is 2.25. The van der Waals surface area contributed by atoms with Gasteiger partial charge in [-0.3, -0.25) is 9.59 Å². The third-order valence-corrected chi connectivity index (χ3v) is 7.19. The lowest BCUT2D eigenvalue weighted by Gasteiger charge is -2.20. The van der Waals surface area contributed by atoms with Gasteiger partial charge < -0.3 is 10.2 Å². The normalized spacial score (nSPS) is 13.8. The van der Waals surface area contributed by atoms with E-state index in [1.165, 1.54) is 18.2 Å². The summed E-state index contributed by atoms with van der Waals surface area (Å²) < 4.78 is 28.2. The number of rotatable bonds is 7. The van der Waals surface area contributed by atoms with Crippen molar-refractivity contribution in [2.75, 3.05) is 16.8 Å². The molecule has 1 heterocycles. The number of hydrogen-bond acceptors (Lipinski definition) is 4. The number of nitrogens with one attached hydrogen (secondary N) is 2. The number of benzene rings is 3. The van der Waals surface area contributed by atoms with E-state index in [2.05, 4.69) is 10.0 Å². The van der Waals surface area contributed by atoms with E-state index >= 15 is 0 Å². The first-order chi connectivity index (χ1) is 15.8. The Morgan fingerprint density at radius 2 is 1.73 bits per heavy atom. The molecule has 170 valence electrons. The Balaban J connectivity index is 1.55. The predicted octanol–water partition coefficient (Wildman–Crippen LogP) is 4.20. The lowest BCUT2D eigenvalue weighted by Crippen LogP contribution is -2.26. The van der Waals surface area contributed by atoms with Crippen molar-refractivity contribution in [2.45, 2.75) is 24.3 Å². The zero-order valence-electron chi connectivity index (χ0n) is 17.6. The van der Waals surface area contributed by atoms with Crippen molar-refractivity contribution in [3.05, 3.63) is 88.9 Å². The molecule has 0 aliphatic carbocycles. The Bertz CT molecular complexity index is 1300. The average molecular weight is 484 g/mol. The first kappa shape index (κ1) is 23.0. The molecule has 3 aromatic rings. The minimum Gasteiger partial charge on any atom is -0.320 e. The smallest absolute Gasteiger partial charge is 0.255 e. The Hall–Kier alpha value is -3.20. The minimum absolute atomic E-state index is 0.000983. The summed E-state index contributed by atoms with van der Waals surface area (Å²) in [6, 6.07) is 20.2. The molecule has 1 fully saturated rings. The van der Waals surface area contributed by atoms with Crippen LogP contribution >= 0.6 is 11.6 Å². The van der Waals surface area contributed by atoms with Crippen LogP contribution in [0.25, 0.3) is 0 Å². The van der Waals surface area contributed by atoms with Crippen molar-refractivity contribution >= 4 is 44.8 Å². The maximum atomic E-state index is 13.0. The SMILES string of the molecule is O=C(Nc1ccccc1N1CCCC1=O)c1ccc(Cl)c(S(=O)(=O)NCc2ccccc2)c1. The third-order valence-electron chi connectivity index (χ3n) is 5.31. The van der Waals surface area contributed by atoms with Crippen LogP contribution in [0.15, 0.2) is 77.7 Å². The molecule has 1 aliphatic heterocycles. The van der Waals surface area contributed by atoms with Gasteiger partial charge >= 0.3 is 0 Å². The molecule has 3 aromatic carbocycles. The van der Waals surface area contributed by atoms with Gasteiger partial charge in [-0.1, -0.05) is 54.1 Å². The van der Waals surface area contributed by atoms with Crippen LogP contribution in [-0.4, -0.2) is 26.8 Å². The van der Waals surface area contributed by atoms with Gasteiger partial charge in [0.1, 0.15) is 4.90 Å². The monoisotopic (exact) mass is 483 g/mol. The maximum Gasteiger partial charge on any atom is 0.255 e. The number of carbonyl (C=O) groups is 2. The molecule has 0 radical (unpaired) electrons. The van der Waals surface area contributed by atoms with Crippen LogP contribution in [0.1, 0.15) is 28.8 Å². The summed E-state index contributed by atoms with van der Waals surface area (Å²) in [6.45, 7) is 0.676. The molecular weight excluding hydrogens is 462 g/mol. The minimum atomic E-state index is -3.96. The number of sulfonamides is 1. The summed E-state index contributed by atoms with van der Waals surface area (Å²) in [5.41, 5.74) is 2.00. The molecule has 2 N–H and O–H groups in total. The second-order valence-electron chi connectivity index (χ2n) is 7.58. The molecule has 0 spiro atoms. The highest BCUT2D eigenvalue weighted by Crippen LogP contribution is 2.30. The largest absolute Gasteiger partial charge is 0.320 e. The summed E-state index contributed by atoms with van der Waals surface area (Å²) in [5.74, 6) is -0.508. The van der Waals surface area contributed by atoms with Crippen molar-refractivity contribution < 1.29 is 18.0 Å². The lowest BCUT2D eigenvalue weighted by molar-refractivity contribution is -0.117. The number of carbonyl (C=O) groups excluding carboxylic acids is 2. The van der Waals surface area contributed by atoms with Crippen molar-refractivity contribution in [3.8, 4) is 0 Å². The zero-order chi connectivity index (χ0) is 23.4. The van der Waals surface area contributed by atoms with E-state index in [0.717, 1.165) is 12.0 Å². The predicted molar refractivity (Wildman–Crippen MR) is 128 cm³/mol. The van der Waals surface area contributed by atoms with Gasteiger partial charge in [-0.15, -0.1) is 0 Å². The van der Waals surface area contributed by atoms with Crippen LogP contribution < -0.4 is 14.9 Å². The van der Waals surface area contributed by atoms with Crippen LogP contribution in [-0.2, 0) is 21.4 Å². The molecule has 4 rings (SSSR count). The molecule has 9 heteroatoms. The van der Waals surface area contributed by atoms with E-state index < -0.39 is 15.9 Å². The Kier molecular flexibility index (Phi) is 6.78. The van der Waals surface area contributed by atoms with Crippen LogP contribution in [0.3, 0.4) is 0 Å². The Labute approximate surface area is 197 Å². The lowest BCUT2D eigenvalue weighted by atomic mass is 10.2. The zero-order valence-corrected chi connectivity index (χ0v) is 19.2. The van der Waals surface area contributed by atoms with Crippen LogP contribution in [0.2, 0.25) is 5.02 Å². The van der Waals surface area contributed by atoms with E-state index in [1.54, 1.807) is 41.3 Å². The summed E-state index contributed by atoms with van der Waals surface area (Å²) in [6.07, 6.45) is 1.23. The van der Waals surface area contributed by atoms with Crippen LogP contribution in [0.5, 0.6) is 0 Å². The molecule has 0 saturated carbocycles. The van der Waals surface area contributed by atoms with Gasteiger partial charge in [0.15, 0.2) is 0 Å². The number of nitrogens with zero attached hydrogens (tertiary/aromatic N) is 1. The molecule has 1 saturated heterocycles. The fourth-order valence-electron chi connectivity index (χ4n) is 3.61. The molecule has 1 aliphatic rings. The van der Waals surface area contributed by atoms with Gasteiger partial charge in [0.25, 0.3) is 5.91 Å². The summed E-state index contributed by atoms with van der Waals surface area (Å²) >= 11 is 6.16. The van der Waals surface area contributed by atoms with Gasteiger partial charge in [-0.05, 0) is 42.3 Å². The first-order valence-electron chi connectivity index (χ1n) is 10.4. The third kappa shape index (κ3) is 5.24. The fraction of sp³-hybridized carbons (Fsp3) is 0.167. The maximum absolute atomic E-state index is 13.0. The quantitative estimate of drug-likeness (QED) is 0.526. The standard InChI is InChI=1S/C24H22ClN3O4S/c25-19-13-12-18(15-22(19)33(31,32)26-16-17-7-2-1-3-8-17)24(30)27-20-9-4-5-10-21(20)28-14-6-11-23(28)29/h1-5,7-10,12-13,15,26H,6,11,14,16H2,(H,27,30). The molecule has 0 bridgehead atoms. The molecule has 7 nitrogen and oxygen atoms in total. The number of hydrogen-bond donors (Lipinski definition) is 2. The topological polar surface area (TPSA) is 95.6 Å². The Morgan fingerprint density at radius 1 is 1.00 bits per heavy atom. The fourth-order valence-corrected chi connectivity index (χ4v) is 5.16. The van der Waals surface area contributed by atoms with Crippen LogP contribution in [0, 0.1) is 0 Å². The highest BCUT2D eigenvalue weighted by atomic mass is 35.5. The Morgan fingerprint density at radius 3 is 2.45 bits per heavy atom. The molecule has 0 atom stereocenters. The van der Waals surface area contributed by atoms with E-state index in [-0.39, 0.29) is 27.9 Å². The van der Waals surface area contributed by atoms with Crippen molar-refractivity contribution in [3.63, 3.8) is 0 Å². The van der Waals surface area contributed by atoms with Gasteiger partial charge in [-0.25, -0.2) is 13.1 Å². The van der Waals surface area contributed by atoms with Gasteiger partial charge in [0.05, 0.1) is 16.4 Å². The number of halogens is 1. The van der Waals surface area contributed by atoms with E-state index in [9.17, 15) is 18.0 Å². The summed E-state index contributed by atoms with van der Waals surface area (Å²) in [4.78, 5) is 26.6. The van der Waals surface area contributed by atoms with Crippen molar-refractivity contribution in [1.82, 2.24) is 4.72 Å².